The minimum atomic E-state index is -0.482. The highest BCUT2D eigenvalue weighted by atomic mass is 79.9. The molecule has 7 heteroatoms. The molecule has 2 heterocycles. The minimum Gasteiger partial charge on any atom is -0.322 e. The normalized spacial score (nSPS) is 12.3. The van der Waals surface area contributed by atoms with Crippen LogP contribution in [0.4, 0.5) is 5.69 Å². The first-order chi connectivity index (χ1) is 11.0. The van der Waals surface area contributed by atoms with Gasteiger partial charge in [0.05, 0.1) is 28.1 Å². The number of amides is 1. The summed E-state index contributed by atoms with van der Waals surface area (Å²) in [4.78, 5) is 16.9. The van der Waals surface area contributed by atoms with Gasteiger partial charge in [0.1, 0.15) is 6.04 Å². The van der Waals surface area contributed by atoms with E-state index in [1.807, 2.05) is 31.2 Å². The highest BCUT2D eigenvalue weighted by Crippen LogP contribution is 2.29. The highest BCUT2D eigenvalue weighted by Gasteiger charge is 2.20. The molecule has 5 nitrogen and oxygen atoms in total. The summed E-state index contributed by atoms with van der Waals surface area (Å²) < 4.78 is 2.54. The van der Waals surface area contributed by atoms with E-state index in [0.29, 0.717) is 10.7 Å². The van der Waals surface area contributed by atoms with Crippen molar-refractivity contribution in [1.29, 1.82) is 0 Å². The molecule has 3 rings (SSSR count). The summed E-state index contributed by atoms with van der Waals surface area (Å²) in [6, 6.07) is 7.04. The fourth-order valence-corrected chi connectivity index (χ4v) is 2.96. The van der Waals surface area contributed by atoms with E-state index in [9.17, 15) is 4.79 Å². The van der Waals surface area contributed by atoms with Crippen molar-refractivity contribution in [2.75, 3.05) is 5.32 Å². The molecule has 1 atom stereocenters. The molecule has 0 spiro atoms. The summed E-state index contributed by atoms with van der Waals surface area (Å²) in [5.41, 5.74) is 2.15. The maximum atomic E-state index is 12.5. The van der Waals surface area contributed by atoms with Gasteiger partial charge in [-0.3, -0.25) is 14.5 Å². The third-order valence-electron chi connectivity index (χ3n) is 3.71. The highest BCUT2D eigenvalue weighted by molar-refractivity contribution is 9.10. The van der Waals surface area contributed by atoms with Crippen molar-refractivity contribution in [2.24, 2.45) is 0 Å². The lowest BCUT2D eigenvalue weighted by Crippen LogP contribution is -2.25. The van der Waals surface area contributed by atoms with Crippen molar-refractivity contribution < 1.29 is 4.79 Å². The summed E-state index contributed by atoms with van der Waals surface area (Å²) in [5, 5.41) is 8.56. The third kappa shape index (κ3) is 2.96. The Kier molecular flexibility index (Phi) is 4.37. The standard InChI is InChI=1S/C16H14BrClN4O/c1-9-13(18)8-20-22(9)10(2)16(23)21-14-6-5-12(17)11-4-3-7-19-15(11)14/h3-8,10H,1-2H3,(H,21,23). The average molecular weight is 394 g/mol. The van der Waals surface area contributed by atoms with Gasteiger partial charge >= 0.3 is 0 Å². The Morgan fingerprint density at radius 2 is 2.17 bits per heavy atom. The van der Waals surface area contributed by atoms with Gasteiger partial charge in [-0.2, -0.15) is 5.10 Å². The number of rotatable bonds is 3. The zero-order valence-corrected chi connectivity index (χ0v) is 14.9. The van der Waals surface area contributed by atoms with Gasteiger partial charge in [0.2, 0.25) is 5.91 Å². The zero-order chi connectivity index (χ0) is 16.6. The average Bonchev–Trinajstić information content (AvgIpc) is 2.89. The largest absolute Gasteiger partial charge is 0.322 e. The number of hydrogen-bond acceptors (Lipinski definition) is 3. The monoisotopic (exact) mass is 392 g/mol. The van der Waals surface area contributed by atoms with Crippen molar-refractivity contribution in [3.63, 3.8) is 0 Å². The van der Waals surface area contributed by atoms with Crippen LogP contribution in [0.1, 0.15) is 18.7 Å². The van der Waals surface area contributed by atoms with Gasteiger partial charge in [-0.25, -0.2) is 0 Å². The molecule has 1 aromatic carbocycles. The van der Waals surface area contributed by atoms with Gasteiger partial charge in [0.15, 0.2) is 0 Å². The van der Waals surface area contributed by atoms with E-state index in [1.54, 1.807) is 17.8 Å². The molecule has 3 aromatic rings. The smallest absolute Gasteiger partial charge is 0.249 e. The van der Waals surface area contributed by atoms with Crippen LogP contribution in [0, 0.1) is 6.92 Å². The second kappa shape index (κ2) is 6.29. The molecule has 2 aromatic heterocycles. The molecule has 0 radical (unpaired) electrons. The number of hydrogen-bond donors (Lipinski definition) is 1. The van der Waals surface area contributed by atoms with Crippen LogP contribution in [0.15, 0.2) is 41.1 Å². The minimum absolute atomic E-state index is 0.179. The molecule has 1 amide bonds. The third-order valence-corrected chi connectivity index (χ3v) is 4.77. The van der Waals surface area contributed by atoms with Gasteiger partial charge in [-0.05, 0) is 32.0 Å². The van der Waals surface area contributed by atoms with Crippen molar-refractivity contribution in [2.45, 2.75) is 19.9 Å². The molecule has 0 bridgehead atoms. The van der Waals surface area contributed by atoms with E-state index in [-0.39, 0.29) is 5.91 Å². The van der Waals surface area contributed by atoms with Crippen LogP contribution in [0.5, 0.6) is 0 Å². The summed E-state index contributed by atoms with van der Waals surface area (Å²) in [6.45, 7) is 3.61. The zero-order valence-electron chi connectivity index (χ0n) is 12.5. The number of carbonyl (C=O) groups is 1. The van der Waals surface area contributed by atoms with Gasteiger partial charge in [-0.15, -0.1) is 0 Å². The Morgan fingerprint density at radius 1 is 1.39 bits per heavy atom. The summed E-state index contributed by atoms with van der Waals surface area (Å²) >= 11 is 9.50. The molecule has 0 aliphatic carbocycles. The number of carbonyl (C=O) groups excluding carboxylic acids is 1. The molecule has 1 unspecified atom stereocenters. The summed E-state index contributed by atoms with van der Waals surface area (Å²) in [6.07, 6.45) is 3.24. The molecule has 0 aliphatic rings. The fourth-order valence-electron chi connectivity index (χ4n) is 2.38. The van der Waals surface area contributed by atoms with Crippen molar-refractivity contribution >= 4 is 50.0 Å². The lowest BCUT2D eigenvalue weighted by molar-refractivity contribution is -0.119. The van der Waals surface area contributed by atoms with Gasteiger partial charge < -0.3 is 5.32 Å². The van der Waals surface area contributed by atoms with E-state index in [4.69, 9.17) is 11.6 Å². The van der Waals surface area contributed by atoms with Crippen LogP contribution in [0.25, 0.3) is 10.9 Å². The van der Waals surface area contributed by atoms with Crippen LogP contribution in [0.3, 0.4) is 0 Å². The fraction of sp³-hybridized carbons (Fsp3) is 0.188. The number of nitrogens with one attached hydrogen (secondary N) is 1. The lowest BCUT2D eigenvalue weighted by atomic mass is 10.2. The number of fused-ring (bicyclic) bond motifs is 1. The van der Waals surface area contributed by atoms with Gasteiger partial charge in [0, 0.05) is 16.1 Å². The van der Waals surface area contributed by atoms with Crippen LogP contribution in [0.2, 0.25) is 5.02 Å². The van der Waals surface area contributed by atoms with E-state index >= 15 is 0 Å². The molecular weight excluding hydrogens is 380 g/mol. The first kappa shape index (κ1) is 16.0. The summed E-state index contributed by atoms with van der Waals surface area (Å²) in [5.74, 6) is -0.179. The van der Waals surface area contributed by atoms with Crippen LogP contribution in [-0.2, 0) is 4.79 Å². The van der Waals surface area contributed by atoms with Crippen molar-refractivity contribution in [1.82, 2.24) is 14.8 Å². The molecule has 0 aliphatic heterocycles. The van der Waals surface area contributed by atoms with E-state index in [0.717, 1.165) is 21.1 Å². The molecule has 0 saturated carbocycles. The number of halogens is 2. The number of anilines is 1. The number of benzene rings is 1. The van der Waals surface area contributed by atoms with E-state index in [2.05, 4.69) is 31.3 Å². The SMILES string of the molecule is Cc1c(Cl)cnn1C(C)C(=O)Nc1ccc(Br)c2cccnc12. The Balaban J connectivity index is 1.92. The van der Waals surface area contributed by atoms with Crippen molar-refractivity contribution in [3.05, 3.63) is 51.8 Å². The lowest BCUT2D eigenvalue weighted by Gasteiger charge is -2.15. The number of pyridine rings is 1. The Hall–Kier alpha value is -1.92. The Labute approximate surface area is 146 Å². The Morgan fingerprint density at radius 3 is 2.87 bits per heavy atom. The Bertz CT molecular complexity index is 893. The maximum Gasteiger partial charge on any atom is 0.249 e. The van der Waals surface area contributed by atoms with Crippen LogP contribution < -0.4 is 5.32 Å². The molecule has 23 heavy (non-hydrogen) atoms. The first-order valence-electron chi connectivity index (χ1n) is 7.02. The van der Waals surface area contributed by atoms with Crippen LogP contribution >= 0.6 is 27.5 Å². The predicted molar refractivity (Wildman–Crippen MR) is 94.8 cm³/mol. The topological polar surface area (TPSA) is 59.8 Å². The van der Waals surface area contributed by atoms with Crippen molar-refractivity contribution in [3.8, 4) is 0 Å². The molecular formula is C16H14BrClN4O. The molecule has 118 valence electrons. The quantitative estimate of drug-likeness (QED) is 0.719. The number of aromatic nitrogens is 3. The predicted octanol–water partition coefficient (Wildman–Crippen LogP) is 4.36. The van der Waals surface area contributed by atoms with Crippen LogP contribution in [-0.4, -0.2) is 20.7 Å². The first-order valence-corrected chi connectivity index (χ1v) is 8.20. The number of nitrogens with zero attached hydrogens (tertiary/aromatic N) is 3. The maximum absolute atomic E-state index is 12.5. The van der Waals surface area contributed by atoms with Gasteiger partial charge in [0.25, 0.3) is 0 Å². The molecule has 0 saturated heterocycles. The second-order valence-corrected chi connectivity index (χ2v) is 6.44. The molecule has 0 fully saturated rings. The summed E-state index contributed by atoms with van der Waals surface area (Å²) in [7, 11) is 0. The second-order valence-electron chi connectivity index (χ2n) is 5.18. The molecule has 1 N–H and O–H groups in total. The van der Waals surface area contributed by atoms with E-state index < -0.39 is 6.04 Å². The van der Waals surface area contributed by atoms with Gasteiger partial charge in [-0.1, -0.05) is 33.6 Å². The van der Waals surface area contributed by atoms with E-state index in [1.165, 1.54) is 6.20 Å².